The molecule has 1 aromatic carbocycles. The van der Waals surface area contributed by atoms with E-state index in [0.29, 0.717) is 19.6 Å². The number of rotatable bonds is 6. The summed E-state index contributed by atoms with van der Waals surface area (Å²) < 4.78 is 11.2. The highest BCUT2D eigenvalue weighted by Crippen LogP contribution is 2.31. The standard InChI is InChI=1S/C22H32N2O4/c1-21(2,3)16-9-11-17(12-10-16)22(4)19(25)24(20(26)23-22)13-7-15-28-18-8-5-6-14-27-18/h9-12,18H,5-8,13-15H2,1-4H3,(H,23,26)/t18-,22+/m0/s1. The Morgan fingerprint density at radius 2 is 1.93 bits per heavy atom. The number of nitrogens with zero attached hydrogens (tertiary/aromatic N) is 1. The molecule has 0 radical (unpaired) electrons. The van der Waals surface area contributed by atoms with Crippen molar-refractivity contribution in [1.82, 2.24) is 10.2 Å². The second-order valence-electron chi connectivity index (χ2n) is 8.86. The van der Waals surface area contributed by atoms with Crippen molar-refractivity contribution < 1.29 is 19.1 Å². The molecule has 6 heteroatoms. The van der Waals surface area contributed by atoms with E-state index in [4.69, 9.17) is 9.47 Å². The molecule has 1 aromatic rings. The molecule has 0 unspecified atom stereocenters. The summed E-state index contributed by atoms with van der Waals surface area (Å²) in [5.74, 6) is -0.213. The summed E-state index contributed by atoms with van der Waals surface area (Å²) >= 11 is 0. The topological polar surface area (TPSA) is 67.9 Å². The van der Waals surface area contributed by atoms with Crippen molar-refractivity contribution >= 4 is 11.9 Å². The number of urea groups is 1. The maximum absolute atomic E-state index is 13.0. The van der Waals surface area contributed by atoms with Crippen LogP contribution in [0.15, 0.2) is 24.3 Å². The highest BCUT2D eigenvalue weighted by Gasteiger charge is 2.48. The van der Waals surface area contributed by atoms with Crippen molar-refractivity contribution in [3.8, 4) is 0 Å². The van der Waals surface area contributed by atoms with Gasteiger partial charge in [-0.05, 0) is 49.1 Å². The van der Waals surface area contributed by atoms with Crippen molar-refractivity contribution in [2.24, 2.45) is 0 Å². The number of nitrogens with one attached hydrogen (secondary N) is 1. The lowest BCUT2D eigenvalue weighted by Gasteiger charge is -2.25. The normalized spacial score (nSPS) is 25.9. The number of hydrogen-bond acceptors (Lipinski definition) is 4. The third-order valence-electron chi connectivity index (χ3n) is 5.57. The number of amides is 3. The number of ether oxygens (including phenoxy) is 2. The molecule has 2 saturated heterocycles. The maximum atomic E-state index is 13.0. The van der Waals surface area contributed by atoms with Crippen LogP contribution in [-0.4, -0.2) is 42.9 Å². The fourth-order valence-electron chi connectivity index (χ4n) is 3.68. The van der Waals surface area contributed by atoms with Crippen molar-refractivity contribution in [3.05, 3.63) is 35.4 Å². The van der Waals surface area contributed by atoms with Gasteiger partial charge < -0.3 is 14.8 Å². The van der Waals surface area contributed by atoms with E-state index in [1.807, 2.05) is 24.3 Å². The van der Waals surface area contributed by atoms with Crippen molar-refractivity contribution in [3.63, 3.8) is 0 Å². The number of carbonyl (C=O) groups excluding carboxylic acids is 2. The molecule has 154 valence electrons. The predicted molar refractivity (Wildman–Crippen MR) is 107 cm³/mol. The third-order valence-corrected chi connectivity index (χ3v) is 5.57. The Morgan fingerprint density at radius 3 is 2.54 bits per heavy atom. The lowest BCUT2D eigenvalue weighted by atomic mass is 9.84. The minimum atomic E-state index is -1.03. The summed E-state index contributed by atoms with van der Waals surface area (Å²) in [4.78, 5) is 26.7. The molecule has 0 aliphatic carbocycles. The summed E-state index contributed by atoms with van der Waals surface area (Å²) in [6.07, 6.45) is 3.55. The molecule has 0 aromatic heterocycles. The lowest BCUT2D eigenvalue weighted by Crippen LogP contribution is -2.41. The Morgan fingerprint density at radius 1 is 1.21 bits per heavy atom. The van der Waals surface area contributed by atoms with E-state index >= 15 is 0 Å². The van der Waals surface area contributed by atoms with E-state index in [-0.39, 0.29) is 23.6 Å². The van der Waals surface area contributed by atoms with Crippen LogP contribution < -0.4 is 5.32 Å². The SMILES string of the molecule is CC(C)(C)c1ccc([C@@]2(C)NC(=O)N(CCCO[C@H]3CCCCO3)C2=O)cc1. The minimum Gasteiger partial charge on any atom is -0.353 e. The molecule has 2 aliphatic rings. The van der Waals surface area contributed by atoms with Crippen molar-refractivity contribution in [2.75, 3.05) is 19.8 Å². The van der Waals surface area contributed by atoms with Gasteiger partial charge in [-0.3, -0.25) is 9.69 Å². The molecular formula is C22H32N2O4. The van der Waals surface area contributed by atoms with Gasteiger partial charge in [0.15, 0.2) is 6.29 Å². The van der Waals surface area contributed by atoms with Gasteiger partial charge in [0.25, 0.3) is 5.91 Å². The molecule has 3 amide bonds. The molecular weight excluding hydrogens is 356 g/mol. The number of benzene rings is 1. The zero-order valence-corrected chi connectivity index (χ0v) is 17.4. The number of hydrogen-bond donors (Lipinski definition) is 1. The fourth-order valence-corrected chi connectivity index (χ4v) is 3.68. The third kappa shape index (κ3) is 4.39. The quantitative estimate of drug-likeness (QED) is 0.596. The predicted octanol–water partition coefficient (Wildman–Crippen LogP) is 3.68. The zero-order chi connectivity index (χ0) is 20.4. The van der Waals surface area contributed by atoms with Crippen LogP contribution in [0.4, 0.5) is 4.79 Å². The monoisotopic (exact) mass is 388 g/mol. The van der Waals surface area contributed by atoms with Crippen molar-refractivity contribution in [2.45, 2.75) is 70.6 Å². The van der Waals surface area contributed by atoms with Crippen LogP contribution >= 0.6 is 0 Å². The van der Waals surface area contributed by atoms with E-state index < -0.39 is 5.54 Å². The van der Waals surface area contributed by atoms with Crippen LogP contribution in [0.5, 0.6) is 0 Å². The lowest BCUT2D eigenvalue weighted by molar-refractivity contribution is -0.163. The van der Waals surface area contributed by atoms with Gasteiger partial charge in [-0.25, -0.2) is 4.79 Å². The summed E-state index contributed by atoms with van der Waals surface area (Å²) in [7, 11) is 0. The molecule has 0 saturated carbocycles. The molecule has 6 nitrogen and oxygen atoms in total. The second-order valence-corrected chi connectivity index (χ2v) is 8.86. The average molecular weight is 389 g/mol. The van der Waals surface area contributed by atoms with Gasteiger partial charge in [0.05, 0.1) is 6.61 Å². The molecule has 2 heterocycles. The Labute approximate surface area is 167 Å². The molecule has 28 heavy (non-hydrogen) atoms. The van der Waals surface area contributed by atoms with Crippen LogP contribution in [0.2, 0.25) is 0 Å². The van der Waals surface area contributed by atoms with Gasteiger partial charge in [-0.1, -0.05) is 45.0 Å². The minimum absolute atomic E-state index is 0.0381. The van der Waals surface area contributed by atoms with E-state index in [1.54, 1.807) is 6.92 Å². The van der Waals surface area contributed by atoms with E-state index in [9.17, 15) is 9.59 Å². The van der Waals surface area contributed by atoms with Gasteiger partial charge in [-0.15, -0.1) is 0 Å². The number of imide groups is 1. The van der Waals surface area contributed by atoms with Crippen LogP contribution in [0.1, 0.15) is 64.5 Å². The van der Waals surface area contributed by atoms with E-state index in [0.717, 1.165) is 31.4 Å². The molecule has 3 rings (SSSR count). The summed E-state index contributed by atoms with van der Waals surface area (Å²) in [5.41, 5.74) is 1.00. The Bertz CT molecular complexity index is 704. The summed E-state index contributed by atoms with van der Waals surface area (Å²) in [6.45, 7) is 9.76. The van der Waals surface area contributed by atoms with Crippen molar-refractivity contribution in [1.29, 1.82) is 0 Å². The maximum Gasteiger partial charge on any atom is 0.325 e. The van der Waals surface area contributed by atoms with E-state index in [2.05, 4.69) is 26.1 Å². The second kappa shape index (κ2) is 8.21. The van der Waals surface area contributed by atoms with Crippen LogP contribution in [0, 0.1) is 0 Å². The first-order valence-corrected chi connectivity index (χ1v) is 10.2. The van der Waals surface area contributed by atoms with Gasteiger partial charge in [0, 0.05) is 13.2 Å². The van der Waals surface area contributed by atoms with Crippen LogP contribution in [0.3, 0.4) is 0 Å². The first-order valence-electron chi connectivity index (χ1n) is 10.2. The average Bonchev–Trinajstić information content (AvgIpc) is 2.89. The molecule has 0 bridgehead atoms. The zero-order valence-electron chi connectivity index (χ0n) is 17.4. The Hall–Kier alpha value is -1.92. The smallest absolute Gasteiger partial charge is 0.325 e. The molecule has 1 N–H and O–H groups in total. The first kappa shape index (κ1) is 20.8. The van der Waals surface area contributed by atoms with Gasteiger partial charge in [-0.2, -0.15) is 0 Å². The van der Waals surface area contributed by atoms with E-state index in [1.165, 1.54) is 10.5 Å². The first-order chi connectivity index (χ1) is 13.2. The summed E-state index contributed by atoms with van der Waals surface area (Å²) in [6, 6.07) is 7.58. The highest BCUT2D eigenvalue weighted by atomic mass is 16.7. The molecule has 0 spiro atoms. The largest absolute Gasteiger partial charge is 0.353 e. The molecule has 2 aliphatic heterocycles. The highest BCUT2D eigenvalue weighted by molar-refractivity contribution is 6.07. The van der Waals surface area contributed by atoms with Crippen LogP contribution in [0.25, 0.3) is 0 Å². The summed E-state index contributed by atoms with van der Waals surface area (Å²) in [5, 5.41) is 2.87. The fraction of sp³-hybridized carbons (Fsp3) is 0.636. The van der Waals surface area contributed by atoms with Crippen LogP contribution in [-0.2, 0) is 25.2 Å². The Balaban J connectivity index is 1.58. The molecule has 2 fully saturated rings. The number of carbonyl (C=O) groups is 2. The van der Waals surface area contributed by atoms with Gasteiger partial charge >= 0.3 is 6.03 Å². The Kier molecular flexibility index (Phi) is 6.10. The van der Waals surface area contributed by atoms with Gasteiger partial charge in [0.2, 0.25) is 0 Å². The molecule has 2 atom stereocenters. The van der Waals surface area contributed by atoms with Gasteiger partial charge in [0.1, 0.15) is 5.54 Å².